The molecule has 6 nitrogen and oxygen atoms in total. The minimum atomic E-state index is -1.05. The number of ether oxygens (including phenoxy) is 3. The number of nitrogens with zero attached hydrogens (tertiary/aromatic N) is 1. The van der Waals surface area contributed by atoms with E-state index in [4.69, 9.17) is 25.8 Å². The molecule has 0 aromatic heterocycles. The second-order valence-electron chi connectivity index (χ2n) is 6.99. The molecule has 4 heterocycles. The molecule has 2 bridgehead atoms. The zero-order valence-corrected chi connectivity index (χ0v) is 14.2. The molecule has 0 radical (unpaired) electrons. The molecule has 0 saturated carbocycles. The Morgan fingerprint density at radius 3 is 2.36 bits per heavy atom. The maximum atomic E-state index is 13.2. The number of carbonyl (C=O) groups is 2. The van der Waals surface area contributed by atoms with Crippen LogP contribution < -0.4 is 4.90 Å². The number of benzene rings is 1. The molecule has 2 amide bonds. The predicted octanol–water partition coefficient (Wildman–Crippen LogP) is 1.92. The Bertz CT molecular complexity index is 802. The van der Waals surface area contributed by atoms with Crippen molar-refractivity contribution in [1.82, 2.24) is 0 Å². The maximum absolute atomic E-state index is 13.2. The van der Waals surface area contributed by atoms with Crippen LogP contribution in [0.3, 0.4) is 0 Å². The van der Waals surface area contributed by atoms with Crippen molar-refractivity contribution in [3.63, 3.8) is 0 Å². The van der Waals surface area contributed by atoms with Crippen molar-refractivity contribution in [1.29, 1.82) is 0 Å². The highest BCUT2D eigenvalue weighted by atomic mass is 35.5. The van der Waals surface area contributed by atoms with E-state index in [2.05, 4.69) is 0 Å². The van der Waals surface area contributed by atoms with Gasteiger partial charge in [-0.3, -0.25) is 9.59 Å². The molecule has 25 heavy (non-hydrogen) atoms. The Hall–Kier alpha value is -1.73. The van der Waals surface area contributed by atoms with Crippen LogP contribution in [0.2, 0.25) is 5.02 Å². The van der Waals surface area contributed by atoms with E-state index in [1.807, 2.05) is 19.1 Å². The van der Waals surface area contributed by atoms with E-state index < -0.39 is 29.3 Å². The van der Waals surface area contributed by atoms with Crippen molar-refractivity contribution in [2.75, 3.05) is 18.1 Å². The summed E-state index contributed by atoms with van der Waals surface area (Å²) >= 11 is 5.92. The Labute approximate surface area is 149 Å². The number of rotatable bonds is 2. The third-order valence-corrected chi connectivity index (χ3v) is 5.81. The second-order valence-corrected chi connectivity index (χ2v) is 7.43. The summed E-state index contributed by atoms with van der Waals surface area (Å²) in [4.78, 5) is 27.6. The van der Waals surface area contributed by atoms with Crippen molar-refractivity contribution >= 4 is 29.1 Å². The van der Waals surface area contributed by atoms with Gasteiger partial charge >= 0.3 is 0 Å². The van der Waals surface area contributed by atoms with Crippen molar-refractivity contribution < 1.29 is 23.8 Å². The number of imide groups is 1. The molecule has 0 N–H and O–H groups in total. The van der Waals surface area contributed by atoms with Crippen molar-refractivity contribution in [3.8, 4) is 0 Å². The van der Waals surface area contributed by atoms with Gasteiger partial charge in [-0.2, -0.15) is 0 Å². The largest absolute Gasteiger partial charge is 0.354 e. The van der Waals surface area contributed by atoms with Crippen LogP contribution >= 0.6 is 11.6 Å². The fraction of sp³-hybridized carbons (Fsp3) is 0.444. The van der Waals surface area contributed by atoms with Gasteiger partial charge in [-0.05, 0) is 37.3 Å². The first-order valence-corrected chi connectivity index (χ1v) is 8.61. The number of fused-ring (bicyclic) bond motifs is 5. The molecular weight excluding hydrogens is 346 g/mol. The fourth-order valence-corrected chi connectivity index (χ4v) is 4.64. The average molecular weight is 362 g/mol. The molecule has 4 unspecified atom stereocenters. The molecule has 0 spiro atoms. The number of hydrogen-bond acceptors (Lipinski definition) is 5. The van der Waals surface area contributed by atoms with Crippen LogP contribution in [-0.4, -0.2) is 42.5 Å². The normalized spacial score (nSPS) is 39.7. The van der Waals surface area contributed by atoms with E-state index in [-0.39, 0.29) is 11.8 Å². The van der Waals surface area contributed by atoms with E-state index in [1.54, 1.807) is 24.3 Å². The van der Waals surface area contributed by atoms with Crippen molar-refractivity contribution in [2.45, 2.75) is 24.4 Å². The summed E-state index contributed by atoms with van der Waals surface area (Å²) in [5, 5.41) is 0.546. The monoisotopic (exact) mass is 361 g/mol. The summed E-state index contributed by atoms with van der Waals surface area (Å²) in [5.74, 6) is -1.80. The van der Waals surface area contributed by atoms with Gasteiger partial charge in [0.25, 0.3) is 0 Å². The molecule has 5 rings (SSSR count). The fourth-order valence-electron chi connectivity index (χ4n) is 4.52. The topological polar surface area (TPSA) is 65.1 Å². The first kappa shape index (κ1) is 15.5. The Morgan fingerprint density at radius 1 is 1.04 bits per heavy atom. The van der Waals surface area contributed by atoms with E-state index in [0.717, 1.165) is 0 Å². The van der Waals surface area contributed by atoms with E-state index in [9.17, 15) is 9.59 Å². The third-order valence-electron chi connectivity index (χ3n) is 5.56. The molecule has 3 fully saturated rings. The SMILES string of the molecule is CC12C=CC(C3OCCO3)(O1)C1C(=O)N(c3ccc(Cl)cc3)C(=O)C12. The zero-order chi connectivity index (χ0) is 17.4. The second kappa shape index (κ2) is 4.92. The number of anilines is 1. The van der Waals surface area contributed by atoms with Gasteiger partial charge in [-0.1, -0.05) is 17.7 Å². The van der Waals surface area contributed by atoms with Gasteiger partial charge in [-0.25, -0.2) is 4.90 Å². The number of halogens is 1. The molecule has 130 valence electrons. The molecule has 0 aliphatic carbocycles. The first-order chi connectivity index (χ1) is 12.0. The van der Waals surface area contributed by atoms with Crippen molar-refractivity contribution in [2.24, 2.45) is 11.8 Å². The number of carbonyl (C=O) groups excluding carboxylic acids is 2. The summed E-state index contributed by atoms with van der Waals surface area (Å²) < 4.78 is 17.5. The third kappa shape index (κ3) is 1.85. The molecule has 1 aromatic rings. The number of hydrogen-bond donors (Lipinski definition) is 0. The van der Waals surface area contributed by atoms with Crippen LogP contribution in [0.15, 0.2) is 36.4 Å². The van der Waals surface area contributed by atoms with Crippen LogP contribution in [0, 0.1) is 11.8 Å². The number of amides is 2. The zero-order valence-electron chi connectivity index (χ0n) is 13.5. The molecule has 3 saturated heterocycles. The lowest BCUT2D eigenvalue weighted by Gasteiger charge is -2.32. The lowest BCUT2D eigenvalue weighted by molar-refractivity contribution is -0.190. The minimum absolute atomic E-state index is 0.260. The Kier molecular flexibility index (Phi) is 3.05. The molecule has 4 aliphatic rings. The lowest BCUT2D eigenvalue weighted by Crippen LogP contribution is -2.49. The highest BCUT2D eigenvalue weighted by Gasteiger charge is 2.75. The average Bonchev–Trinajstić information content (AvgIpc) is 3.31. The molecule has 7 heteroatoms. The van der Waals surface area contributed by atoms with Gasteiger partial charge in [-0.15, -0.1) is 0 Å². The summed E-state index contributed by atoms with van der Waals surface area (Å²) in [6, 6.07) is 6.67. The molecule has 4 aliphatic heterocycles. The molecule has 4 atom stereocenters. The van der Waals surface area contributed by atoms with Gasteiger partial charge in [0.05, 0.1) is 36.3 Å². The lowest BCUT2D eigenvalue weighted by atomic mass is 9.72. The van der Waals surface area contributed by atoms with Gasteiger partial charge in [0.1, 0.15) is 0 Å². The van der Waals surface area contributed by atoms with Crippen molar-refractivity contribution in [3.05, 3.63) is 41.4 Å². The quantitative estimate of drug-likeness (QED) is 0.595. The first-order valence-electron chi connectivity index (χ1n) is 8.23. The maximum Gasteiger partial charge on any atom is 0.241 e. The van der Waals surface area contributed by atoms with Gasteiger partial charge in [0.2, 0.25) is 11.8 Å². The van der Waals surface area contributed by atoms with Gasteiger partial charge < -0.3 is 14.2 Å². The highest BCUT2D eigenvalue weighted by Crippen LogP contribution is 2.59. The molecular formula is C18H16ClNO5. The Morgan fingerprint density at radius 2 is 1.68 bits per heavy atom. The van der Waals surface area contributed by atoms with Crippen LogP contribution in [0.5, 0.6) is 0 Å². The predicted molar refractivity (Wildman–Crippen MR) is 88.0 cm³/mol. The van der Waals surface area contributed by atoms with Crippen LogP contribution in [0.25, 0.3) is 0 Å². The highest BCUT2D eigenvalue weighted by molar-refractivity contribution is 6.31. The van der Waals surface area contributed by atoms with E-state index >= 15 is 0 Å². The van der Waals surface area contributed by atoms with Gasteiger partial charge in [0, 0.05) is 5.02 Å². The summed E-state index contributed by atoms with van der Waals surface area (Å²) in [7, 11) is 0. The summed E-state index contributed by atoms with van der Waals surface area (Å²) in [6.07, 6.45) is 3.01. The van der Waals surface area contributed by atoms with E-state index in [1.165, 1.54) is 4.90 Å². The summed E-state index contributed by atoms with van der Waals surface area (Å²) in [5.41, 5.74) is -1.38. The standard InChI is InChI=1S/C18H16ClNO5/c1-17-6-7-18(25-17,16-23-8-9-24-16)13-12(17)14(21)20(15(13)22)11-4-2-10(19)3-5-11/h2-7,12-13,16H,8-9H2,1H3. The van der Waals surface area contributed by atoms with Crippen LogP contribution in [0.1, 0.15) is 6.92 Å². The minimum Gasteiger partial charge on any atom is -0.354 e. The Balaban J connectivity index is 1.59. The van der Waals surface area contributed by atoms with Crippen LogP contribution in [0.4, 0.5) is 5.69 Å². The summed E-state index contributed by atoms with van der Waals surface area (Å²) in [6.45, 7) is 2.73. The van der Waals surface area contributed by atoms with Gasteiger partial charge in [0.15, 0.2) is 11.9 Å². The molecule has 1 aromatic carbocycles. The van der Waals surface area contributed by atoms with E-state index in [0.29, 0.717) is 23.9 Å². The van der Waals surface area contributed by atoms with Crippen LogP contribution in [-0.2, 0) is 23.8 Å². The smallest absolute Gasteiger partial charge is 0.241 e.